The van der Waals surface area contributed by atoms with E-state index in [1.165, 1.54) is 225 Å². The lowest BCUT2D eigenvalue weighted by molar-refractivity contribution is -0.166. The molecule has 0 bridgehead atoms. The van der Waals surface area contributed by atoms with Gasteiger partial charge < -0.3 is 14.2 Å². The summed E-state index contributed by atoms with van der Waals surface area (Å²) in [5, 5.41) is 0. The molecular formula is C66H120O6. The van der Waals surface area contributed by atoms with E-state index in [4.69, 9.17) is 14.2 Å². The van der Waals surface area contributed by atoms with Gasteiger partial charge in [0.05, 0.1) is 0 Å². The van der Waals surface area contributed by atoms with Crippen molar-refractivity contribution in [2.24, 2.45) is 0 Å². The third-order valence-corrected chi connectivity index (χ3v) is 14.1. The molecule has 0 aromatic heterocycles. The number of carbonyl (C=O) groups is 3. The van der Waals surface area contributed by atoms with Gasteiger partial charge in [-0.25, -0.2) is 0 Å². The largest absolute Gasteiger partial charge is 0.462 e. The molecule has 0 radical (unpaired) electrons. The van der Waals surface area contributed by atoms with Crippen LogP contribution in [0.2, 0.25) is 0 Å². The maximum absolute atomic E-state index is 12.8. The Hall–Kier alpha value is -2.63. The van der Waals surface area contributed by atoms with Crippen molar-refractivity contribution in [2.75, 3.05) is 13.2 Å². The van der Waals surface area contributed by atoms with Gasteiger partial charge in [-0.3, -0.25) is 14.4 Å². The van der Waals surface area contributed by atoms with Crippen LogP contribution in [0.25, 0.3) is 0 Å². The first-order valence-electron chi connectivity index (χ1n) is 31.6. The average molecular weight is 1010 g/mol. The first kappa shape index (κ1) is 69.4. The molecule has 1 atom stereocenters. The Morgan fingerprint density at radius 2 is 0.542 bits per heavy atom. The van der Waals surface area contributed by atoms with E-state index in [2.05, 4.69) is 63.3 Å². The SMILES string of the molecule is CC/C=C\C/C=C\C/C=C\C/C=C\CCC(=O)OC(COC(=O)CCCCCCCCCCCCCCC)COC(=O)CCCCCCCCCCCCCCCCCCCCCCCCCCCCCC. The van der Waals surface area contributed by atoms with E-state index in [1.54, 1.807) is 0 Å². The Bertz CT molecular complexity index is 1250. The highest BCUT2D eigenvalue weighted by atomic mass is 16.6. The molecule has 0 heterocycles. The van der Waals surface area contributed by atoms with E-state index in [-0.39, 0.29) is 37.5 Å². The van der Waals surface area contributed by atoms with Crippen molar-refractivity contribution in [1.82, 2.24) is 0 Å². The molecule has 0 aromatic carbocycles. The van der Waals surface area contributed by atoms with Gasteiger partial charge in [0.2, 0.25) is 0 Å². The molecule has 1 unspecified atom stereocenters. The predicted octanol–water partition coefficient (Wildman–Crippen LogP) is 21.4. The van der Waals surface area contributed by atoms with Crippen LogP contribution < -0.4 is 0 Å². The highest BCUT2D eigenvalue weighted by molar-refractivity contribution is 5.71. The van der Waals surface area contributed by atoms with Gasteiger partial charge in [-0.15, -0.1) is 0 Å². The van der Waals surface area contributed by atoms with Crippen molar-refractivity contribution in [3.8, 4) is 0 Å². The summed E-state index contributed by atoms with van der Waals surface area (Å²) >= 11 is 0. The molecule has 0 saturated heterocycles. The molecule has 0 N–H and O–H groups in total. The number of carbonyl (C=O) groups excluding carboxylic acids is 3. The lowest BCUT2D eigenvalue weighted by Gasteiger charge is -2.18. The standard InChI is InChI=1S/C66H120O6/c1-4-7-10-13-16-19-22-25-26-27-28-29-30-31-32-33-34-35-36-37-38-39-42-44-47-50-53-56-59-65(68)71-62-63(72-66(69)60-57-54-51-48-45-41-24-21-18-15-12-9-6-3)61-70-64(67)58-55-52-49-46-43-40-23-20-17-14-11-8-5-2/h9,12,18,21,41,45,51,54,63H,4-8,10-11,13-17,19-20,22-40,42-44,46-50,52-53,55-62H2,1-3H3/b12-9-,21-18-,45-41-,54-51-. The molecular weight excluding hydrogens is 889 g/mol. The Kier molecular flexibility index (Phi) is 58.7. The fourth-order valence-corrected chi connectivity index (χ4v) is 9.40. The number of hydrogen-bond acceptors (Lipinski definition) is 6. The molecule has 72 heavy (non-hydrogen) atoms. The fraction of sp³-hybridized carbons (Fsp3) is 0.833. The summed E-state index contributed by atoms with van der Waals surface area (Å²) in [6.45, 7) is 6.51. The number of unbranched alkanes of at least 4 members (excludes halogenated alkanes) is 39. The number of hydrogen-bond donors (Lipinski definition) is 0. The van der Waals surface area contributed by atoms with E-state index >= 15 is 0 Å². The van der Waals surface area contributed by atoms with Crippen molar-refractivity contribution < 1.29 is 28.6 Å². The Labute approximate surface area is 448 Å². The van der Waals surface area contributed by atoms with E-state index in [0.29, 0.717) is 19.3 Å². The average Bonchev–Trinajstić information content (AvgIpc) is 3.38. The third kappa shape index (κ3) is 58.3. The zero-order valence-electron chi connectivity index (χ0n) is 48.2. The number of ether oxygens (including phenoxy) is 3. The Morgan fingerprint density at radius 3 is 0.819 bits per heavy atom. The monoisotopic (exact) mass is 1010 g/mol. The quantitative estimate of drug-likeness (QED) is 0.0261. The fourth-order valence-electron chi connectivity index (χ4n) is 9.40. The van der Waals surface area contributed by atoms with Crippen LogP contribution in [0.5, 0.6) is 0 Å². The molecule has 0 fully saturated rings. The zero-order chi connectivity index (χ0) is 52.2. The predicted molar refractivity (Wildman–Crippen MR) is 312 cm³/mol. The summed E-state index contributed by atoms with van der Waals surface area (Å²) in [4.78, 5) is 38.1. The van der Waals surface area contributed by atoms with Crippen LogP contribution in [0.1, 0.15) is 335 Å². The zero-order valence-corrected chi connectivity index (χ0v) is 48.2. The molecule has 0 rings (SSSR count). The summed E-state index contributed by atoms with van der Waals surface area (Å²) in [6.07, 6.45) is 75.9. The Balaban J connectivity index is 4.17. The minimum Gasteiger partial charge on any atom is -0.462 e. The van der Waals surface area contributed by atoms with Gasteiger partial charge >= 0.3 is 17.9 Å². The van der Waals surface area contributed by atoms with Crippen molar-refractivity contribution in [2.45, 2.75) is 341 Å². The summed E-state index contributed by atoms with van der Waals surface area (Å²) in [5.41, 5.74) is 0. The number of rotatable bonds is 58. The normalized spacial score (nSPS) is 12.3. The van der Waals surface area contributed by atoms with Gasteiger partial charge in [0.15, 0.2) is 6.10 Å². The molecule has 6 heteroatoms. The smallest absolute Gasteiger partial charge is 0.306 e. The second-order valence-corrected chi connectivity index (χ2v) is 21.3. The van der Waals surface area contributed by atoms with Gasteiger partial charge in [0.1, 0.15) is 13.2 Å². The molecule has 420 valence electrons. The van der Waals surface area contributed by atoms with Crippen molar-refractivity contribution in [1.29, 1.82) is 0 Å². The molecule has 0 aliphatic heterocycles. The lowest BCUT2D eigenvalue weighted by atomic mass is 10.0. The molecule has 0 aromatic rings. The van der Waals surface area contributed by atoms with E-state index < -0.39 is 6.10 Å². The summed E-state index contributed by atoms with van der Waals surface area (Å²) in [5.74, 6) is -0.961. The third-order valence-electron chi connectivity index (χ3n) is 14.1. The summed E-state index contributed by atoms with van der Waals surface area (Å²) < 4.78 is 16.8. The minimum absolute atomic E-state index is 0.0971. The lowest BCUT2D eigenvalue weighted by Crippen LogP contribution is -2.30. The Morgan fingerprint density at radius 1 is 0.292 bits per heavy atom. The van der Waals surface area contributed by atoms with Crippen LogP contribution in [0, 0.1) is 0 Å². The molecule has 0 saturated carbocycles. The van der Waals surface area contributed by atoms with Gasteiger partial charge in [-0.2, -0.15) is 0 Å². The molecule has 0 aliphatic rings. The maximum atomic E-state index is 12.8. The number of allylic oxidation sites excluding steroid dienone is 8. The number of esters is 3. The summed E-state index contributed by atoms with van der Waals surface area (Å²) in [6, 6.07) is 0. The highest BCUT2D eigenvalue weighted by Gasteiger charge is 2.19. The minimum atomic E-state index is -0.807. The second-order valence-electron chi connectivity index (χ2n) is 21.3. The van der Waals surface area contributed by atoms with Gasteiger partial charge in [-0.1, -0.05) is 320 Å². The van der Waals surface area contributed by atoms with Crippen LogP contribution in [-0.4, -0.2) is 37.2 Å². The van der Waals surface area contributed by atoms with Crippen molar-refractivity contribution in [3.05, 3.63) is 48.6 Å². The van der Waals surface area contributed by atoms with Gasteiger partial charge in [-0.05, 0) is 44.9 Å². The summed E-state index contributed by atoms with van der Waals surface area (Å²) in [7, 11) is 0. The van der Waals surface area contributed by atoms with Crippen molar-refractivity contribution in [3.63, 3.8) is 0 Å². The molecule has 0 aliphatic carbocycles. The van der Waals surface area contributed by atoms with E-state index in [9.17, 15) is 14.4 Å². The van der Waals surface area contributed by atoms with Crippen molar-refractivity contribution >= 4 is 17.9 Å². The van der Waals surface area contributed by atoms with Crippen LogP contribution in [-0.2, 0) is 28.6 Å². The van der Waals surface area contributed by atoms with Gasteiger partial charge in [0, 0.05) is 19.3 Å². The molecule has 0 spiro atoms. The first-order valence-corrected chi connectivity index (χ1v) is 31.6. The van der Waals surface area contributed by atoms with E-state index in [1.807, 2.05) is 6.08 Å². The van der Waals surface area contributed by atoms with E-state index in [0.717, 1.165) is 64.2 Å². The first-order chi connectivity index (χ1) is 35.5. The van der Waals surface area contributed by atoms with Crippen LogP contribution >= 0.6 is 0 Å². The molecule has 6 nitrogen and oxygen atoms in total. The van der Waals surface area contributed by atoms with Crippen LogP contribution in [0.15, 0.2) is 48.6 Å². The maximum Gasteiger partial charge on any atom is 0.306 e. The van der Waals surface area contributed by atoms with Crippen LogP contribution in [0.3, 0.4) is 0 Å². The highest BCUT2D eigenvalue weighted by Crippen LogP contribution is 2.18. The topological polar surface area (TPSA) is 78.9 Å². The van der Waals surface area contributed by atoms with Gasteiger partial charge in [0.25, 0.3) is 0 Å². The molecule has 0 amide bonds. The second kappa shape index (κ2) is 60.9. The van der Waals surface area contributed by atoms with Crippen LogP contribution in [0.4, 0.5) is 0 Å².